The number of benzene rings is 2. The summed E-state index contributed by atoms with van der Waals surface area (Å²) in [5.41, 5.74) is 1.53. The quantitative estimate of drug-likeness (QED) is 0.710. The van der Waals surface area contributed by atoms with Crippen LogP contribution in [0, 0.1) is 5.82 Å². The van der Waals surface area contributed by atoms with Crippen molar-refractivity contribution in [3.05, 3.63) is 58.8 Å². The molecule has 14 heavy (non-hydrogen) atoms. The van der Waals surface area contributed by atoms with Crippen molar-refractivity contribution >= 4 is 15.9 Å². The topological polar surface area (TPSA) is 0 Å². The maximum atomic E-state index is 13.4. The van der Waals surface area contributed by atoms with Gasteiger partial charge >= 0.3 is 0 Å². The van der Waals surface area contributed by atoms with Crippen LogP contribution in [0.25, 0.3) is 11.1 Å². The molecular formula is C12H8BrF. The Morgan fingerprint density at radius 1 is 0.857 bits per heavy atom. The van der Waals surface area contributed by atoms with Crippen LogP contribution in [0.4, 0.5) is 4.39 Å². The molecule has 0 saturated carbocycles. The number of rotatable bonds is 1. The molecule has 0 bridgehead atoms. The zero-order valence-corrected chi connectivity index (χ0v) is 8.96. The van der Waals surface area contributed by atoms with Crippen LogP contribution in [-0.2, 0) is 0 Å². The zero-order chi connectivity index (χ0) is 9.97. The fraction of sp³-hybridized carbons (Fsp3) is 0. The summed E-state index contributed by atoms with van der Waals surface area (Å²) in [7, 11) is 0. The third-order valence-corrected chi connectivity index (χ3v) is 2.56. The Morgan fingerprint density at radius 2 is 1.50 bits per heavy atom. The van der Waals surface area contributed by atoms with E-state index in [0.717, 1.165) is 10.0 Å². The van der Waals surface area contributed by atoms with E-state index in [1.54, 1.807) is 12.1 Å². The van der Waals surface area contributed by atoms with E-state index in [1.807, 2.05) is 30.3 Å². The summed E-state index contributed by atoms with van der Waals surface area (Å²) in [6, 6.07) is 14.4. The molecule has 0 unspecified atom stereocenters. The molecule has 0 aliphatic heterocycles. The van der Waals surface area contributed by atoms with E-state index in [0.29, 0.717) is 5.56 Å². The highest BCUT2D eigenvalue weighted by Crippen LogP contribution is 2.23. The van der Waals surface area contributed by atoms with Crippen LogP contribution in [0.2, 0.25) is 0 Å². The largest absolute Gasteiger partial charge is 0.206 e. The second-order valence-corrected chi connectivity index (χ2v) is 3.90. The molecule has 2 aromatic rings. The van der Waals surface area contributed by atoms with E-state index in [2.05, 4.69) is 15.9 Å². The van der Waals surface area contributed by atoms with Crippen molar-refractivity contribution in [2.75, 3.05) is 0 Å². The molecule has 0 nitrogen and oxygen atoms in total. The molecular weight excluding hydrogens is 243 g/mol. The fourth-order valence-corrected chi connectivity index (χ4v) is 1.59. The van der Waals surface area contributed by atoms with E-state index in [9.17, 15) is 4.39 Å². The van der Waals surface area contributed by atoms with Gasteiger partial charge in [0.2, 0.25) is 0 Å². The van der Waals surface area contributed by atoms with Crippen molar-refractivity contribution < 1.29 is 4.39 Å². The molecule has 0 saturated heterocycles. The Morgan fingerprint density at radius 3 is 2.14 bits per heavy atom. The molecule has 0 amide bonds. The average molecular weight is 251 g/mol. The van der Waals surface area contributed by atoms with Crippen molar-refractivity contribution in [3.63, 3.8) is 0 Å². The zero-order valence-electron chi connectivity index (χ0n) is 7.37. The van der Waals surface area contributed by atoms with E-state index >= 15 is 0 Å². The fourth-order valence-electron chi connectivity index (χ4n) is 1.32. The van der Waals surface area contributed by atoms with Gasteiger partial charge in [0.15, 0.2) is 0 Å². The van der Waals surface area contributed by atoms with E-state index < -0.39 is 0 Å². The Labute approximate surface area is 90.5 Å². The van der Waals surface area contributed by atoms with E-state index in [-0.39, 0.29) is 5.82 Å². The van der Waals surface area contributed by atoms with Crippen LogP contribution in [0.15, 0.2) is 53.0 Å². The summed E-state index contributed by atoms with van der Waals surface area (Å²) >= 11 is 3.34. The normalized spacial score (nSPS) is 10.1. The Balaban J connectivity index is 2.50. The number of hydrogen-bond acceptors (Lipinski definition) is 0. The van der Waals surface area contributed by atoms with Gasteiger partial charge in [0.05, 0.1) is 0 Å². The van der Waals surface area contributed by atoms with Gasteiger partial charge in [-0.05, 0) is 23.8 Å². The van der Waals surface area contributed by atoms with Crippen LogP contribution in [0.5, 0.6) is 0 Å². The lowest BCUT2D eigenvalue weighted by molar-refractivity contribution is 0.631. The first-order valence-corrected chi connectivity index (χ1v) is 5.07. The Hall–Kier alpha value is -1.15. The Kier molecular flexibility index (Phi) is 2.64. The van der Waals surface area contributed by atoms with Gasteiger partial charge in [0.1, 0.15) is 5.82 Å². The highest BCUT2D eigenvalue weighted by Gasteiger charge is 2.02. The molecule has 2 aromatic carbocycles. The third kappa shape index (κ3) is 1.85. The van der Waals surface area contributed by atoms with Crippen LogP contribution in [-0.4, -0.2) is 0 Å². The van der Waals surface area contributed by atoms with E-state index in [4.69, 9.17) is 0 Å². The van der Waals surface area contributed by atoms with Gasteiger partial charge in [0, 0.05) is 10.0 Å². The molecule has 0 heterocycles. The smallest absolute Gasteiger partial charge is 0.131 e. The summed E-state index contributed by atoms with van der Waals surface area (Å²) in [6.45, 7) is 0. The van der Waals surface area contributed by atoms with Gasteiger partial charge in [-0.3, -0.25) is 0 Å². The van der Waals surface area contributed by atoms with Gasteiger partial charge in [-0.2, -0.15) is 0 Å². The lowest BCUT2D eigenvalue weighted by atomic mass is 10.1. The van der Waals surface area contributed by atoms with Crippen molar-refractivity contribution in [1.82, 2.24) is 0 Å². The molecule has 2 rings (SSSR count). The highest BCUT2D eigenvalue weighted by molar-refractivity contribution is 9.10. The highest BCUT2D eigenvalue weighted by atomic mass is 79.9. The van der Waals surface area contributed by atoms with E-state index in [1.165, 1.54) is 6.07 Å². The second kappa shape index (κ2) is 3.93. The first kappa shape index (κ1) is 9.41. The second-order valence-electron chi connectivity index (χ2n) is 2.99. The average Bonchev–Trinajstić information content (AvgIpc) is 2.20. The van der Waals surface area contributed by atoms with Crippen LogP contribution >= 0.6 is 15.9 Å². The lowest BCUT2D eigenvalue weighted by Crippen LogP contribution is -1.82. The SMILES string of the molecule is Fc1ccccc1-c1ccc(Br)cc1. The van der Waals surface area contributed by atoms with Crippen molar-refractivity contribution in [3.8, 4) is 11.1 Å². The molecule has 0 radical (unpaired) electrons. The molecule has 0 aliphatic carbocycles. The summed E-state index contributed by atoms with van der Waals surface area (Å²) < 4.78 is 14.4. The van der Waals surface area contributed by atoms with Crippen LogP contribution < -0.4 is 0 Å². The summed E-state index contributed by atoms with van der Waals surface area (Å²) in [5.74, 6) is -0.185. The maximum absolute atomic E-state index is 13.4. The van der Waals surface area contributed by atoms with Crippen molar-refractivity contribution in [2.24, 2.45) is 0 Å². The maximum Gasteiger partial charge on any atom is 0.131 e. The first-order valence-electron chi connectivity index (χ1n) is 4.28. The van der Waals surface area contributed by atoms with Crippen LogP contribution in [0.3, 0.4) is 0 Å². The first-order chi connectivity index (χ1) is 6.77. The van der Waals surface area contributed by atoms with Crippen molar-refractivity contribution in [1.29, 1.82) is 0 Å². The summed E-state index contributed by atoms with van der Waals surface area (Å²) in [4.78, 5) is 0. The molecule has 2 heteroatoms. The molecule has 0 N–H and O–H groups in total. The predicted molar refractivity (Wildman–Crippen MR) is 59.5 cm³/mol. The van der Waals surface area contributed by atoms with Gasteiger partial charge in [-0.1, -0.05) is 46.3 Å². The minimum atomic E-state index is -0.185. The van der Waals surface area contributed by atoms with Gasteiger partial charge in [-0.15, -0.1) is 0 Å². The molecule has 0 aliphatic rings. The minimum absolute atomic E-state index is 0.185. The number of halogens is 2. The minimum Gasteiger partial charge on any atom is -0.206 e. The number of hydrogen-bond donors (Lipinski definition) is 0. The van der Waals surface area contributed by atoms with Gasteiger partial charge < -0.3 is 0 Å². The molecule has 0 spiro atoms. The van der Waals surface area contributed by atoms with Crippen molar-refractivity contribution in [2.45, 2.75) is 0 Å². The molecule has 0 atom stereocenters. The predicted octanol–water partition coefficient (Wildman–Crippen LogP) is 4.26. The molecule has 0 fully saturated rings. The summed E-state index contributed by atoms with van der Waals surface area (Å²) in [6.07, 6.45) is 0. The van der Waals surface area contributed by atoms with Gasteiger partial charge in [-0.25, -0.2) is 4.39 Å². The Bertz CT molecular complexity index is 434. The monoisotopic (exact) mass is 250 g/mol. The standard InChI is InChI=1S/C12H8BrF/c13-10-7-5-9(6-8-10)11-3-1-2-4-12(11)14/h1-8H. The molecule has 70 valence electrons. The summed E-state index contributed by atoms with van der Waals surface area (Å²) in [5, 5.41) is 0. The van der Waals surface area contributed by atoms with Crippen LogP contribution in [0.1, 0.15) is 0 Å². The van der Waals surface area contributed by atoms with Gasteiger partial charge in [0.25, 0.3) is 0 Å². The third-order valence-electron chi connectivity index (χ3n) is 2.03. The lowest BCUT2D eigenvalue weighted by Gasteiger charge is -2.02. The molecule has 0 aromatic heterocycles.